The molecular formula is C12H13N3O. The minimum atomic E-state index is -0.236. The SMILES string of the molecule is Cc1n(N=C([O-])c2ccccc2)cc[n+]1C. The van der Waals surface area contributed by atoms with Crippen LogP contribution in [0, 0.1) is 6.92 Å². The standard InChI is InChI=1S/C12H13N3O/c1-10-14(2)8-9-15(10)13-12(16)11-6-4-3-5-7-11/h3-9H,1-2H3. The van der Waals surface area contributed by atoms with Gasteiger partial charge in [-0.2, -0.15) is 0 Å². The minimum Gasteiger partial charge on any atom is -0.856 e. The molecule has 0 amide bonds. The number of nitrogens with zero attached hydrogens (tertiary/aromatic N) is 3. The number of aromatic nitrogens is 2. The Balaban J connectivity index is 2.35. The number of imidazole rings is 1. The highest BCUT2D eigenvalue weighted by Crippen LogP contribution is 1.99. The molecule has 0 aliphatic heterocycles. The second kappa shape index (κ2) is 4.18. The molecule has 0 saturated heterocycles. The molecule has 0 N–H and O–H groups in total. The van der Waals surface area contributed by atoms with Crippen LogP contribution in [0.4, 0.5) is 0 Å². The highest BCUT2D eigenvalue weighted by atomic mass is 16.3. The molecule has 0 aliphatic carbocycles. The van der Waals surface area contributed by atoms with E-state index in [1.165, 1.54) is 0 Å². The smallest absolute Gasteiger partial charge is 0.278 e. The van der Waals surface area contributed by atoms with Crippen LogP contribution >= 0.6 is 0 Å². The summed E-state index contributed by atoms with van der Waals surface area (Å²) in [7, 11) is 1.91. The summed E-state index contributed by atoms with van der Waals surface area (Å²) in [4.78, 5) is 0. The van der Waals surface area contributed by atoms with E-state index in [4.69, 9.17) is 0 Å². The molecule has 1 aromatic heterocycles. The topological polar surface area (TPSA) is 44.2 Å². The van der Waals surface area contributed by atoms with E-state index in [2.05, 4.69) is 5.10 Å². The molecule has 2 aromatic rings. The summed E-state index contributed by atoms with van der Waals surface area (Å²) >= 11 is 0. The van der Waals surface area contributed by atoms with E-state index < -0.39 is 0 Å². The molecule has 82 valence electrons. The molecule has 1 aromatic carbocycles. The zero-order valence-electron chi connectivity index (χ0n) is 9.29. The van der Waals surface area contributed by atoms with Crippen LogP contribution in [0.15, 0.2) is 47.8 Å². The molecule has 0 unspecified atom stereocenters. The van der Waals surface area contributed by atoms with E-state index in [1.54, 1.807) is 23.0 Å². The number of hydrogen-bond donors (Lipinski definition) is 0. The quantitative estimate of drug-likeness (QED) is 0.401. The van der Waals surface area contributed by atoms with Gasteiger partial charge in [-0.1, -0.05) is 35.4 Å². The van der Waals surface area contributed by atoms with E-state index in [1.807, 2.05) is 42.9 Å². The number of hydrogen-bond acceptors (Lipinski definition) is 2. The van der Waals surface area contributed by atoms with Crippen LogP contribution in [-0.4, -0.2) is 10.6 Å². The van der Waals surface area contributed by atoms with Gasteiger partial charge in [0, 0.05) is 12.8 Å². The molecule has 0 bridgehead atoms. The van der Waals surface area contributed by atoms with Gasteiger partial charge in [-0.15, -0.1) is 4.68 Å². The predicted molar refractivity (Wildman–Crippen MR) is 58.7 cm³/mol. The van der Waals surface area contributed by atoms with Gasteiger partial charge in [-0.3, -0.25) is 0 Å². The molecule has 1 heterocycles. The molecule has 0 atom stereocenters. The fraction of sp³-hybridized carbons (Fsp3) is 0.167. The van der Waals surface area contributed by atoms with Crippen LogP contribution in [0.1, 0.15) is 11.4 Å². The Morgan fingerprint density at radius 2 is 2.00 bits per heavy atom. The molecular weight excluding hydrogens is 202 g/mol. The van der Waals surface area contributed by atoms with Crippen molar-refractivity contribution < 1.29 is 9.67 Å². The zero-order valence-corrected chi connectivity index (χ0v) is 9.29. The van der Waals surface area contributed by atoms with Crippen LogP contribution in [0.25, 0.3) is 0 Å². The van der Waals surface area contributed by atoms with Crippen LogP contribution in [-0.2, 0) is 7.05 Å². The average Bonchev–Trinajstić information content (AvgIpc) is 2.62. The highest BCUT2D eigenvalue weighted by Gasteiger charge is 2.07. The lowest BCUT2D eigenvalue weighted by Gasteiger charge is -2.07. The summed E-state index contributed by atoms with van der Waals surface area (Å²) in [5, 5.41) is 15.8. The van der Waals surface area contributed by atoms with E-state index >= 15 is 0 Å². The number of rotatable bonds is 2. The molecule has 0 fully saturated rings. The largest absolute Gasteiger partial charge is 0.856 e. The van der Waals surface area contributed by atoms with Crippen molar-refractivity contribution in [2.75, 3.05) is 0 Å². The van der Waals surface area contributed by atoms with E-state index in [0.29, 0.717) is 5.56 Å². The van der Waals surface area contributed by atoms with Gasteiger partial charge in [-0.05, 0) is 5.56 Å². The van der Waals surface area contributed by atoms with Crippen molar-refractivity contribution in [3.8, 4) is 0 Å². The first-order valence-electron chi connectivity index (χ1n) is 5.03. The molecule has 0 aliphatic rings. The predicted octanol–water partition coefficient (Wildman–Crippen LogP) is 0.191. The summed E-state index contributed by atoms with van der Waals surface area (Å²) in [5.74, 6) is 0.671. The molecule has 0 saturated carbocycles. The maximum Gasteiger partial charge on any atom is 0.278 e. The van der Waals surface area contributed by atoms with Gasteiger partial charge in [0.25, 0.3) is 5.82 Å². The number of aryl methyl sites for hydroxylation is 1. The number of benzene rings is 1. The van der Waals surface area contributed by atoms with Crippen molar-refractivity contribution in [3.63, 3.8) is 0 Å². The van der Waals surface area contributed by atoms with E-state index in [9.17, 15) is 5.11 Å². The highest BCUT2D eigenvalue weighted by molar-refractivity contribution is 5.90. The van der Waals surface area contributed by atoms with Crippen LogP contribution in [0.2, 0.25) is 0 Å². The Morgan fingerprint density at radius 3 is 2.56 bits per heavy atom. The molecule has 2 rings (SSSR count). The summed E-state index contributed by atoms with van der Waals surface area (Å²) in [5.41, 5.74) is 0.596. The van der Waals surface area contributed by atoms with Crippen LogP contribution in [0.5, 0.6) is 0 Å². The first-order valence-corrected chi connectivity index (χ1v) is 5.03. The molecule has 4 nitrogen and oxygen atoms in total. The molecule has 16 heavy (non-hydrogen) atoms. The fourth-order valence-corrected chi connectivity index (χ4v) is 1.38. The Morgan fingerprint density at radius 1 is 1.31 bits per heavy atom. The zero-order chi connectivity index (χ0) is 11.5. The van der Waals surface area contributed by atoms with Gasteiger partial charge in [0.05, 0.1) is 7.05 Å². The lowest BCUT2D eigenvalue weighted by atomic mass is 10.2. The third kappa shape index (κ3) is 1.95. The Labute approximate surface area is 94.1 Å². The minimum absolute atomic E-state index is 0.236. The second-order valence-electron chi connectivity index (χ2n) is 3.57. The van der Waals surface area contributed by atoms with Gasteiger partial charge in [-0.25, -0.2) is 4.57 Å². The Kier molecular flexibility index (Phi) is 2.72. The van der Waals surface area contributed by atoms with Gasteiger partial charge in [0.2, 0.25) is 0 Å². The Bertz CT molecular complexity index is 514. The normalized spacial score (nSPS) is 11.8. The lowest BCUT2D eigenvalue weighted by Crippen LogP contribution is -2.29. The second-order valence-corrected chi connectivity index (χ2v) is 3.57. The van der Waals surface area contributed by atoms with Crippen molar-refractivity contribution in [1.82, 2.24) is 4.68 Å². The molecule has 0 spiro atoms. The van der Waals surface area contributed by atoms with Gasteiger partial charge in [0.1, 0.15) is 6.20 Å². The molecule has 4 heteroatoms. The summed E-state index contributed by atoms with van der Waals surface area (Å²) in [6.07, 6.45) is 3.62. The van der Waals surface area contributed by atoms with Gasteiger partial charge in [0.15, 0.2) is 6.20 Å². The third-order valence-electron chi connectivity index (χ3n) is 2.49. The maximum atomic E-state index is 11.8. The maximum absolute atomic E-state index is 11.8. The van der Waals surface area contributed by atoms with Crippen LogP contribution in [0.3, 0.4) is 0 Å². The fourth-order valence-electron chi connectivity index (χ4n) is 1.38. The lowest BCUT2D eigenvalue weighted by molar-refractivity contribution is -0.677. The van der Waals surface area contributed by atoms with Crippen molar-refractivity contribution in [2.24, 2.45) is 12.1 Å². The van der Waals surface area contributed by atoms with E-state index in [0.717, 1.165) is 5.82 Å². The summed E-state index contributed by atoms with van der Waals surface area (Å²) < 4.78 is 3.48. The Hall–Kier alpha value is -2.10. The van der Waals surface area contributed by atoms with Crippen molar-refractivity contribution in [3.05, 3.63) is 54.1 Å². The van der Waals surface area contributed by atoms with Crippen molar-refractivity contribution in [2.45, 2.75) is 6.92 Å². The first kappa shape index (κ1) is 10.4. The average molecular weight is 215 g/mol. The summed E-state index contributed by atoms with van der Waals surface area (Å²) in [6, 6.07) is 9.03. The van der Waals surface area contributed by atoms with Gasteiger partial charge < -0.3 is 5.11 Å². The third-order valence-corrected chi connectivity index (χ3v) is 2.49. The molecule has 0 radical (unpaired) electrons. The monoisotopic (exact) mass is 215 g/mol. The van der Waals surface area contributed by atoms with E-state index in [-0.39, 0.29) is 5.90 Å². The first-order chi connectivity index (χ1) is 7.68. The van der Waals surface area contributed by atoms with Gasteiger partial charge >= 0.3 is 0 Å². The summed E-state index contributed by atoms with van der Waals surface area (Å²) in [6.45, 7) is 1.90. The van der Waals surface area contributed by atoms with Crippen molar-refractivity contribution >= 4 is 5.90 Å². The van der Waals surface area contributed by atoms with Crippen LogP contribution < -0.4 is 9.67 Å². The van der Waals surface area contributed by atoms with Crippen molar-refractivity contribution in [1.29, 1.82) is 0 Å².